The molecule has 0 unspecified atom stereocenters. The van der Waals surface area contributed by atoms with Gasteiger partial charge in [0, 0.05) is 40.1 Å². The van der Waals surface area contributed by atoms with Gasteiger partial charge in [-0.15, -0.1) is 5.10 Å². The van der Waals surface area contributed by atoms with Gasteiger partial charge in [0.05, 0.1) is 0 Å². The van der Waals surface area contributed by atoms with Crippen LogP contribution in [0.25, 0.3) is 0 Å². The molecule has 1 aromatic heterocycles. The molecule has 0 saturated carbocycles. The fraction of sp³-hybridized carbons (Fsp3) is 0.0556. The van der Waals surface area contributed by atoms with E-state index < -0.39 is 0 Å². The van der Waals surface area contributed by atoms with Crippen LogP contribution in [-0.2, 0) is 4.79 Å². The van der Waals surface area contributed by atoms with Gasteiger partial charge in [-0.05, 0) is 66.2 Å². The zero-order valence-corrected chi connectivity index (χ0v) is 17.4. The smallest absolute Gasteiger partial charge is 0.277 e. The highest BCUT2D eigenvalue weighted by Crippen LogP contribution is 2.23. The van der Waals surface area contributed by atoms with Gasteiger partial charge in [0.2, 0.25) is 5.91 Å². The second-order valence-electron chi connectivity index (χ2n) is 5.81. The van der Waals surface area contributed by atoms with E-state index in [2.05, 4.69) is 30.9 Å². The Hall–Kier alpha value is -3.08. The van der Waals surface area contributed by atoms with E-state index in [9.17, 15) is 9.59 Å². The van der Waals surface area contributed by atoms with Gasteiger partial charge in [0.25, 0.3) is 5.91 Å². The molecule has 1 heterocycles. The van der Waals surface area contributed by atoms with E-state index in [1.165, 1.54) is 6.92 Å². The fourth-order valence-electron chi connectivity index (χ4n) is 2.33. The van der Waals surface area contributed by atoms with Crippen LogP contribution in [0.3, 0.4) is 0 Å². The number of thiocarbonyl (C=S) groups is 1. The Bertz CT molecular complexity index is 1040. The zero-order chi connectivity index (χ0) is 20.8. The molecule has 148 valence electrons. The van der Waals surface area contributed by atoms with Gasteiger partial charge in [-0.2, -0.15) is 0 Å². The highest BCUT2D eigenvalue weighted by atomic mass is 35.5. The van der Waals surface area contributed by atoms with Crippen LogP contribution in [0.4, 0.5) is 22.7 Å². The molecule has 8 nitrogen and oxygen atoms in total. The lowest BCUT2D eigenvalue weighted by molar-refractivity contribution is -0.114. The molecule has 0 saturated heterocycles. The SMILES string of the molecule is CC(=O)Nc1cc(Cl)cc(NC(=S)Nc2ccc(NC(=O)c3csnn3)cc2)c1. The standard InChI is InChI=1S/C18H15ClN6O2S2/c1-10(26)20-14-6-11(19)7-15(8-14)23-18(28)22-13-4-2-12(3-5-13)21-17(27)16-9-29-25-24-16/h2-9H,1H3,(H,20,26)(H,21,27)(H2,22,23,28). The number of rotatable bonds is 5. The number of carbonyl (C=O) groups excluding carboxylic acids is 2. The number of benzene rings is 2. The minimum absolute atomic E-state index is 0.197. The second kappa shape index (κ2) is 9.41. The summed E-state index contributed by atoms with van der Waals surface area (Å²) in [6.07, 6.45) is 0. The molecule has 11 heteroatoms. The Kier molecular flexibility index (Phi) is 6.70. The molecule has 3 aromatic rings. The lowest BCUT2D eigenvalue weighted by atomic mass is 10.2. The van der Waals surface area contributed by atoms with Crippen molar-refractivity contribution in [2.75, 3.05) is 21.3 Å². The Morgan fingerprint density at radius 3 is 2.10 bits per heavy atom. The van der Waals surface area contributed by atoms with Gasteiger partial charge in [0.1, 0.15) is 0 Å². The van der Waals surface area contributed by atoms with Gasteiger partial charge >= 0.3 is 0 Å². The number of hydrogen-bond acceptors (Lipinski definition) is 6. The van der Waals surface area contributed by atoms with Gasteiger partial charge in [0.15, 0.2) is 10.8 Å². The first kappa shape index (κ1) is 20.6. The van der Waals surface area contributed by atoms with Gasteiger partial charge in [-0.3, -0.25) is 9.59 Å². The number of halogens is 1. The Labute approximate surface area is 180 Å². The van der Waals surface area contributed by atoms with Crippen molar-refractivity contribution in [1.82, 2.24) is 9.59 Å². The van der Waals surface area contributed by atoms with Gasteiger partial charge in [-0.1, -0.05) is 16.1 Å². The monoisotopic (exact) mass is 446 g/mol. The van der Waals surface area contributed by atoms with Crippen LogP contribution in [0.2, 0.25) is 5.02 Å². The first-order chi connectivity index (χ1) is 13.9. The minimum Gasteiger partial charge on any atom is -0.332 e. The van der Waals surface area contributed by atoms with Crippen LogP contribution >= 0.6 is 35.4 Å². The third kappa shape index (κ3) is 6.21. The van der Waals surface area contributed by atoms with Crippen molar-refractivity contribution in [3.05, 3.63) is 58.6 Å². The lowest BCUT2D eigenvalue weighted by Gasteiger charge is -2.13. The fourth-order valence-corrected chi connectivity index (χ4v) is 3.23. The molecule has 0 aliphatic heterocycles. The zero-order valence-electron chi connectivity index (χ0n) is 15.0. The van der Waals surface area contributed by atoms with Crippen molar-refractivity contribution < 1.29 is 9.59 Å². The average Bonchev–Trinajstić information content (AvgIpc) is 3.17. The van der Waals surface area contributed by atoms with E-state index in [4.69, 9.17) is 23.8 Å². The summed E-state index contributed by atoms with van der Waals surface area (Å²) in [7, 11) is 0. The quantitative estimate of drug-likeness (QED) is 0.435. The highest BCUT2D eigenvalue weighted by molar-refractivity contribution is 7.80. The molecule has 0 radical (unpaired) electrons. The summed E-state index contributed by atoms with van der Waals surface area (Å²) >= 11 is 12.5. The first-order valence-electron chi connectivity index (χ1n) is 8.24. The summed E-state index contributed by atoms with van der Waals surface area (Å²) in [4.78, 5) is 23.2. The van der Waals surface area contributed by atoms with Crippen molar-refractivity contribution in [1.29, 1.82) is 0 Å². The topological polar surface area (TPSA) is 108 Å². The normalized spacial score (nSPS) is 10.1. The Balaban J connectivity index is 1.59. The van der Waals surface area contributed by atoms with Crippen LogP contribution < -0.4 is 21.3 Å². The van der Waals surface area contributed by atoms with Crippen LogP contribution in [-0.4, -0.2) is 26.5 Å². The van der Waals surface area contributed by atoms with Gasteiger partial charge in [-0.25, -0.2) is 0 Å². The van der Waals surface area contributed by atoms with Crippen molar-refractivity contribution in [3.8, 4) is 0 Å². The number of hydrogen-bond donors (Lipinski definition) is 4. The Morgan fingerprint density at radius 1 is 0.931 bits per heavy atom. The maximum absolute atomic E-state index is 12.0. The van der Waals surface area contributed by atoms with Crippen LogP contribution in [0.5, 0.6) is 0 Å². The minimum atomic E-state index is -0.326. The molecular weight excluding hydrogens is 432 g/mol. The van der Waals surface area contributed by atoms with Gasteiger partial charge < -0.3 is 21.3 Å². The molecule has 29 heavy (non-hydrogen) atoms. The number of carbonyl (C=O) groups is 2. The predicted molar refractivity (Wildman–Crippen MR) is 120 cm³/mol. The third-order valence-electron chi connectivity index (χ3n) is 3.47. The van der Waals surface area contributed by atoms with E-state index >= 15 is 0 Å². The Morgan fingerprint density at radius 2 is 1.52 bits per heavy atom. The number of aromatic nitrogens is 2. The summed E-state index contributed by atoms with van der Waals surface area (Å²) in [5.74, 6) is -0.523. The average molecular weight is 447 g/mol. The van der Waals surface area contributed by atoms with Crippen molar-refractivity contribution in [2.24, 2.45) is 0 Å². The van der Waals surface area contributed by atoms with Crippen molar-refractivity contribution in [3.63, 3.8) is 0 Å². The lowest BCUT2D eigenvalue weighted by Crippen LogP contribution is -2.19. The van der Waals surface area contributed by atoms with Crippen molar-refractivity contribution in [2.45, 2.75) is 6.92 Å². The molecule has 0 spiro atoms. The third-order valence-corrected chi connectivity index (χ3v) is 4.40. The highest BCUT2D eigenvalue weighted by Gasteiger charge is 2.09. The van der Waals surface area contributed by atoms with Crippen molar-refractivity contribution >= 4 is 75.0 Å². The second-order valence-corrected chi connectivity index (χ2v) is 7.27. The molecule has 0 atom stereocenters. The van der Waals surface area contributed by atoms with Crippen LogP contribution in [0.1, 0.15) is 17.4 Å². The molecule has 0 fully saturated rings. The van der Waals surface area contributed by atoms with E-state index in [-0.39, 0.29) is 17.5 Å². The molecule has 0 bridgehead atoms. The van der Waals surface area contributed by atoms with Crippen LogP contribution in [0, 0.1) is 0 Å². The first-order valence-corrected chi connectivity index (χ1v) is 9.86. The summed E-state index contributed by atoms with van der Waals surface area (Å²) < 4.78 is 3.66. The van der Waals surface area contributed by atoms with E-state index in [0.717, 1.165) is 17.2 Å². The summed E-state index contributed by atoms with van der Waals surface area (Å²) in [6.45, 7) is 1.42. The number of nitrogens with zero attached hydrogens (tertiary/aromatic N) is 2. The molecule has 3 rings (SSSR count). The largest absolute Gasteiger partial charge is 0.332 e. The van der Waals surface area contributed by atoms with Crippen LogP contribution in [0.15, 0.2) is 47.8 Å². The molecule has 2 aromatic carbocycles. The molecule has 2 amide bonds. The van der Waals surface area contributed by atoms with E-state index in [1.54, 1.807) is 47.8 Å². The predicted octanol–water partition coefficient (Wildman–Crippen LogP) is 4.21. The molecule has 0 aliphatic carbocycles. The molecular formula is C18H15ClN6O2S2. The van der Waals surface area contributed by atoms with E-state index in [0.29, 0.717) is 27.2 Å². The maximum atomic E-state index is 12.0. The number of amides is 2. The summed E-state index contributed by atoms with van der Waals surface area (Å²) in [5, 5.41) is 17.5. The maximum Gasteiger partial charge on any atom is 0.277 e. The molecule has 4 N–H and O–H groups in total. The molecule has 0 aliphatic rings. The van der Waals surface area contributed by atoms with E-state index in [1.807, 2.05) is 0 Å². The number of anilines is 4. The summed E-state index contributed by atoms with van der Waals surface area (Å²) in [6, 6.07) is 12.0. The number of nitrogens with one attached hydrogen (secondary N) is 4. The summed E-state index contributed by atoms with van der Waals surface area (Å²) in [5.41, 5.74) is 2.79.